The minimum Gasteiger partial charge on any atom is -0.507 e. The largest absolute Gasteiger partial charge is 0.507 e. The maximum atomic E-state index is 11.5. The lowest BCUT2D eigenvalue weighted by Crippen LogP contribution is -2.14. The molecule has 82 valence electrons. The Kier molecular flexibility index (Phi) is 3.66. The van der Waals surface area contributed by atoms with Crippen molar-refractivity contribution in [1.82, 2.24) is 0 Å². The average Bonchev–Trinajstić information content (AvgIpc) is 2.16. The van der Waals surface area contributed by atoms with Crippen LogP contribution in [0, 0.1) is 0 Å². The van der Waals surface area contributed by atoms with Gasteiger partial charge in [0.05, 0.1) is 0 Å². The molecule has 0 bridgehead atoms. The molecule has 1 rings (SSSR count). The van der Waals surface area contributed by atoms with E-state index in [2.05, 4.69) is 0 Å². The second-order valence-electron chi connectivity index (χ2n) is 3.29. The van der Waals surface area contributed by atoms with E-state index in [9.17, 15) is 14.7 Å². The van der Waals surface area contributed by atoms with Crippen molar-refractivity contribution in [2.24, 2.45) is 0 Å². The highest BCUT2D eigenvalue weighted by Crippen LogP contribution is 2.17. The smallest absolute Gasteiger partial charge is 0.350 e. The molecule has 0 aromatic carbocycles. The molecular weight excluding hydrogens is 196 g/mol. The molecule has 0 spiro atoms. The third-order valence-corrected chi connectivity index (χ3v) is 2.09. The molecule has 0 aliphatic carbocycles. The number of carbonyl (C=O) groups is 1. The fourth-order valence-corrected chi connectivity index (χ4v) is 1.31. The number of carbonyl (C=O) groups excluding carboxylic acids is 1. The molecule has 1 N–H and O–H groups in total. The van der Waals surface area contributed by atoms with Crippen LogP contribution in [0.15, 0.2) is 15.3 Å². The lowest BCUT2D eigenvalue weighted by Gasteiger charge is -2.02. The minimum absolute atomic E-state index is 0.228. The Balaban J connectivity index is 3.20. The molecule has 1 aromatic heterocycles. The molecule has 4 heteroatoms. The Bertz CT molecular complexity index is 417. The van der Waals surface area contributed by atoms with E-state index in [0.29, 0.717) is 18.6 Å². The number of hydrogen-bond acceptors (Lipinski definition) is 4. The molecule has 0 fully saturated rings. The molecule has 0 aliphatic heterocycles. The second-order valence-corrected chi connectivity index (χ2v) is 3.29. The van der Waals surface area contributed by atoms with E-state index < -0.39 is 5.63 Å². The quantitative estimate of drug-likeness (QED) is 0.770. The van der Waals surface area contributed by atoms with E-state index in [-0.39, 0.29) is 23.5 Å². The van der Waals surface area contributed by atoms with Crippen molar-refractivity contribution in [3.8, 4) is 5.75 Å². The van der Waals surface area contributed by atoms with Gasteiger partial charge in [-0.2, -0.15) is 0 Å². The van der Waals surface area contributed by atoms with E-state index in [0.717, 1.165) is 0 Å². The Morgan fingerprint density at radius 3 is 2.60 bits per heavy atom. The molecule has 0 amide bonds. The van der Waals surface area contributed by atoms with E-state index in [1.807, 2.05) is 6.92 Å². The minimum atomic E-state index is -0.745. The van der Waals surface area contributed by atoms with Gasteiger partial charge >= 0.3 is 5.63 Å². The van der Waals surface area contributed by atoms with Crippen molar-refractivity contribution in [2.45, 2.75) is 33.1 Å². The van der Waals surface area contributed by atoms with E-state index in [4.69, 9.17) is 4.42 Å². The molecular formula is C11H14O4. The topological polar surface area (TPSA) is 67.5 Å². The fourth-order valence-electron chi connectivity index (χ4n) is 1.31. The number of ketones is 1. The summed E-state index contributed by atoms with van der Waals surface area (Å²) in [7, 11) is 0. The van der Waals surface area contributed by atoms with Crippen LogP contribution in [0.4, 0.5) is 0 Å². The summed E-state index contributed by atoms with van der Waals surface area (Å²) in [4.78, 5) is 22.9. The zero-order chi connectivity index (χ0) is 11.4. The highest BCUT2D eigenvalue weighted by atomic mass is 16.4. The summed E-state index contributed by atoms with van der Waals surface area (Å²) in [6, 6.07) is 1.32. The summed E-state index contributed by atoms with van der Waals surface area (Å²) < 4.78 is 4.87. The van der Waals surface area contributed by atoms with Gasteiger partial charge < -0.3 is 9.52 Å². The zero-order valence-electron chi connectivity index (χ0n) is 8.87. The first kappa shape index (κ1) is 11.5. The van der Waals surface area contributed by atoms with Crippen molar-refractivity contribution in [2.75, 3.05) is 0 Å². The second kappa shape index (κ2) is 4.77. The summed E-state index contributed by atoms with van der Waals surface area (Å²) in [6.45, 7) is 3.63. The van der Waals surface area contributed by atoms with E-state index in [1.54, 1.807) is 6.92 Å². The Labute approximate surface area is 87.5 Å². The summed E-state index contributed by atoms with van der Waals surface area (Å²) >= 11 is 0. The maximum Gasteiger partial charge on any atom is 0.350 e. The Morgan fingerprint density at radius 2 is 2.13 bits per heavy atom. The van der Waals surface area contributed by atoms with Crippen LogP contribution in [0.3, 0.4) is 0 Å². The van der Waals surface area contributed by atoms with Gasteiger partial charge in [-0.1, -0.05) is 13.8 Å². The molecule has 0 atom stereocenters. The molecule has 0 aliphatic rings. The third-order valence-electron chi connectivity index (χ3n) is 2.09. The summed E-state index contributed by atoms with van der Waals surface area (Å²) in [5, 5.41) is 9.52. The van der Waals surface area contributed by atoms with Gasteiger partial charge in [0.2, 0.25) is 0 Å². The van der Waals surface area contributed by atoms with Crippen LogP contribution >= 0.6 is 0 Å². The van der Waals surface area contributed by atoms with Crippen LogP contribution in [-0.2, 0) is 6.42 Å². The predicted molar refractivity (Wildman–Crippen MR) is 55.3 cm³/mol. The maximum absolute atomic E-state index is 11.5. The van der Waals surface area contributed by atoms with Gasteiger partial charge in [0.15, 0.2) is 5.78 Å². The summed E-state index contributed by atoms with van der Waals surface area (Å²) in [5.41, 5.74) is -0.973. The monoisotopic (exact) mass is 210 g/mol. The van der Waals surface area contributed by atoms with Gasteiger partial charge in [-0.15, -0.1) is 0 Å². The van der Waals surface area contributed by atoms with Gasteiger partial charge in [0.1, 0.15) is 17.1 Å². The van der Waals surface area contributed by atoms with Crippen molar-refractivity contribution < 1.29 is 14.3 Å². The number of aromatic hydroxyl groups is 1. The first-order valence-corrected chi connectivity index (χ1v) is 4.99. The summed E-state index contributed by atoms with van der Waals surface area (Å²) in [5.74, 6) is -0.265. The lowest BCUT2D eigenvalue weighted by atomic mass is 10.1. The molecule has 0 saturated carbocycles. The molecule has 0 radical (unpaired) electrons. The van der Waals surface area contributed by atoms with Crippen molar-refractivity contribution >= 4 is 5.78 Å². The molecule has 1 heterocycles. The number of Topliss-reactive ketones (excluding diaryl/α,β-unsaturated/α-hetero) is 1. The van der Waals surface area contributed by atoms with Crippen LogP contribution in [0.2, 0.25) is 0 Å². The normalized spacial score (nSPS) is 10.3. The molecule has 0 unspecified atom stereocenters. The van der Waals surface area contributed by atoms with Gasteiger partial charge in [-0.25, -0.2) is 4.79 Å². The van der Waals surface area contributed by atoms with Crippen LogP contribution in [0.1, 0.15) is 42.8 Å². The Morgan fingerprint density at radius 1 is 1.47 bits per heavy atom. The number of aryl methyl sites for hydroxylation is 1. The van der Waals surface area contributed by atoms with Gasteiger partial charge in [0, 0.05) is 18.9 Å². The van der Waals surface area contributed by atoms with E-state index in [1.165, 1.54) is 6.07 Å². The summed E-state index contributed by atoms with van der Waals surface area (Å²) in [6.07, 6.45) is 1.38. The first-order chi connectivity index (χ1) is 7.10. The molecule has 4 nitrogen and oxygen atoms in total. The number of rotatable bonds is 4. The van der Waals surface area contributed by atoms with Crippen LogP contribution in [0.5, 0.6) is 5.75 Å². The number of hydrogen-bond donors (Lipinski definition) is 1. The van der Waals surface area contributed by atoms with Gasteiger partial charge in [-0.3, -0.25) is 4.79 Å². The fraction of sp³-hybridized carbons (Fsp3) is 0.455. The van der Waals surface area contributed by atoms with Crippen LogP contribution < -0.4 is 5.63 Å². The van der Waals surface area contributed by atoms with Crippen molar-refractivity contribution in [3.63, 3.8) is 0 Å². The average molecular weight is 210 g/mol. The third kappa shape index (κ3) is 2.46. The Hall–Kier alpha value is -1.58. The molecule has 0 saturated heterocycles. The van der Waals surface area contributed by atoms with Crippen molar-refractivity contribution in [3.05, 3.63) is 27.8 Å². The molecule has 15 heavy (non-hydrogen) atoms. The first-order valence-electron chi connectivity index (χ1n) is 4.99. The highest BCUT2D eigenvalue weighted by Gasteiger charge is 2.17. The van der Waals surface area contributed by atoms with Crippen LogP contribution in [-0.4, -0.2) is 10.9 Å². The predicted octanol–water partition coefficient (Wildman–Crippen LogP) is 1.89. The zero-order valence-corrected chi connectivity index (χ0v) is 8.87. The van der Waals surface area contributed by atoms with Gasteiger partial charge in [-0.05, 0) is 6.42 Å². The highest BCUT2D eigenvalue weighted by molar-refractivity contribution is 5.97. The standard InChI is InChI=1S/C11H14O4/c1-3-5-8(12)10-9(13)6-7(4-2)15-11(10)14/h6,13H,3-5H2,1-2H3. The lowest BCUT2D eigenvalue weighted by molar-refractivity contribution is 0.0974. The SMILES string of the molecule is CCCC(=O)c1c(O)cc(CC)oc1=O. The van der Waals surface area contributed by atoms with Crippen molar-refractivity contribution in [1.29, 1.82) is 0 Å². The molecule has 1 aromatic rings. The van der Waals surface area contributed by atoms with Gasteiger partial charge in [0.25, 0.3) is 0 Å². The van der Waals surface area contributed by atoms with Crippen LogP contribution in [0.25, 0.3) is 0 Å². The van der Waals surface area contributed by atoms with E-state index >= 15 is 0 Å².